The number of halogens is 2. The van der Waals surface area contributed by atoms with Crippen LogP contribution in [-0.4, -0.2) is 56.6 Å². The normalized spacial score (nSPS) is 19.6. The number of likely N-dealkylation sites (tertiary alicyclic amines) is 1. The van der Waals surface area contributed by atoms with Gasteiger partial charge in [0.25, 0.3) is 0 Å². The maximum absolute atomic E-state index is 14.0. The average Bonchev–Trinajstić information content (AvgIpc) is 2.69. The first-order chi connectivity index (χ1) is 13.5. The summed E-state index contributed by atoms with van der Waals surface area (Å²) in [6, 6.07) is 8.71. The maximum atomic E-state index is 14.0. The van der Waals surface area contributed by atoms with Gasteiger partial charge in [0.05, 0.1) is 6.54 Å². The molecule has 0 radical (unpaired) electrons. The van der Waals surface area contributed by atoms with Crippen molar-refractivity contribution in [1.82, 2.24) is 20.1 Å². The standard InChI is InChI=1S/C19H17ClFN5O2/c20-12-3-1-11(2-4-12)17-15-5-6-22-8-16(15)18(25-24-17)23-14-7-13(21)9-26(10-14)19(27)28/h1-6,8,13-14H,7,9-10H2,(H,23,25)(H,27,28)/t13-,14-/m1/s1. The molecule has 1 fully saturated rings. The molecule has 3 aromatic rings. The van der Waals surface area contributed by atoms with Crippen LogP contribution in [0.15, 0.2) is 42.7 Å². The lowest BCUT2D eigenvalue weighted by Gasteiger charge is -2.33. The first kappa shape index (κ1) is 18.4. The number of alkyl halides is 1. The molecule has 1 saturated heterocycles. The number of benzene rings is 1. The van der Waals surface area contributed by atoms with Crippen LogP contribution in [0.25, 0.3) is 22.0 Å². The molecule has 2 aromatic heterocycles. The molecule has 4 rings (SSSR count). The summed E-state index contributed by atoms with van der Waals surface area (Å²) < 4.78 is 14.0. The van der Waals surface area contributed by atoms with Crippen molar-refractivity contribution < 1.29 is 14.3 Å². The van der Waals surface area contributed by atoms with Crippen LogP contribution in [0.2, 0.25) is 5.02 Å². The second-order valence-corrected chi connectivity index (χ2v) is 7.12. The number of carbonyl (C=O) groups is 1. The van der Waals surface area contributed by atoms with Gasteiger partial charge in [-0.1, -0.05) is 23.7 Å². The summed E-state index contributed by atoms with van der Waals surface area (Å²) in [7, 11) is 0. The lowest BCUT2D eigenvalue weighted by Crippen LogP contribution is -2.49. The van der Waals surface area contributed by atoms with Gasteiger partial charge in [-0.25, -0.2) is 9.18 Å². The molecule has 1 aliphatic heterocycles. The largest absolute Gasteiger partial charge is 0.465 e. The molecule has 2 atom stereocenters. The van der Waals surface area contributed by atoms with Gasteiger partial charge < -0.3 is 15.3 Å². The molecule has 0 aliphatic carbocycles. The number of fused-ring (bicyclic) bond motifs is 1. The number of hydrogen-bond acceptors (Lipinski definition) is 5. The van der Waals surface area contributed by atoms with E-state index in [-0.39, 0.29) is 19.5 Å². The second-order valence-electron chi connectivity index (χ2n) is 6.69. The molecule has 0 bridgehead atoms. The van der Waals surface area contributed by atoms with Gasteiger partial charge in [-0.05, 0) is 18.2 Å². The summed E-state index contributed by atoms with van der Waals surface area (Å²) in [6.07, 6.45) is 1.16. The van der Waals surface area contributed by atoms with Crippen molar-refractivity contribution in [3.8, 4) is 11.3 Å². The van der Waals surface area contributed by atoms with Crippen molar-refractivity contribution >= 4 is 34.3 Å². The zero-order valence-electron chi connectivity index (χ0n) is 14.7. The highest BCUT2D eigenvalue weighted by Crippen LogP contribution is 2.30. The van der Waals surface area contributed by atoms with Crippen LogP contribution in [0, 0.1) is 0 Å². The average molecular weight is 402 g/mol. The third kappa shape index (κ3) is 3.68. The molecule has 7 nitrogen and oxygen atoms in total. The highest BCUT2D eigenvalue weighted by Gasteiger charge is 2.30. The summed E-state index contributed by atoms with van der Waals surface area (Å²) in [6.45, 7) is 0.0646. The summed E-state index contributed by atoms with van der Waals surface area (Å²) in [5, 5.41) is 23.1. The van der Waals surface area contributed by atoms with Crippen molar-refractivity contribution in [3.63, 3.8) is 0 Å². The van der Waals surface area contributed by atoms with E-state index < -0.39 is 18.3 Å². The van der Waals surface area contributed by atoms with Gasteiger partial charge in [-0.2, -0.15) is 0 Å². The fraction of sp³-hybridized carbons (Fsp3) is 0.263. The Morgan fingerprint density at radius 1 is 1.18 bits per heavy atom. The molecule has 1 amide bonds. The van der Waals surface area contributed by atoms with E-state index in [0.29, 0.717) is 16.5 Å². The number of nitrogens with zero attached hydrogens (tertiary/aromatic N) is 4. The predicted octanol–water partition coefficient (Wildman–Crippen LogP) is 3.85. The van der Waals surface area contributed by atoms with Crippen molar-refractivity contribution in [1.29, 1.82) is 0 Å². The SMILES string of the molecule is O=C(O)N1C[C@H](F)C[C@@H](Nc2nnc(-c3ccc(Cl)cc3)c3ccncc23)C1. The van der Waals surface area contributed by atoms with E-state index in [9.17, 15) is 14.3 Å². The van der Waals surface area contributed by atoms with E-state index in [4.69, 9.17) is 11.6 Å². The smallest absolute Gasteiger partial charge is 0.407 e. The van der Waals surface area contributed by atoms with Gasteiger partial charge in [0.15, 0.2) is 5.82 Å². The molecular weight excluding hydrogens is 385 g/mol. The lowest BCUT2D eigenvalue weighted by atomic mass is 10.0. The van der Waals surface area contributed by atoms with Crippen molar-refractivity contribution in [2.45, 2.75) is 18.6 Å². The van der Waals surface area contributed by atoms with Gasteiger partial charge in [0.1, 0.15) is 11.9 Å². The molecule has 2 N–H and O–H groups in total. The van der Waals surface area contributed by atoms with E-state index in [2.05, 4.69) is 20.5 Å². The molecule has 144 valence electrons. The predicted molar refractivity (Wildman–Crippen MR) is 104 cm³/mol. The summed E-state index contributed by atoms with van der Waals surface area (Å²) >= 11 is 5.96. The fourth-order valence-corrected chi connectivity index (χ4v) is 3.54. The lowest BCUT2D eigenvalue weighted by molar-refractivity contribution is 0.102. The zero-order chi connectivity index (χ0) is 19.7. The van der Waals surface area contributed by atoms with E-state index in [1.54, 1.807) is 24.5 Å². The number of aromatic nitrogens is 3. The van der Waals surface area contributed by atoms with Crippen LogP contribution in [0.3, 0.4) is 0 Å². The molecule has 0 spiro atoms. The van der Waals surface area contributed by atoms with Gasteiger partial charge in [-0.3, -0.25) is 4.98 Å². The van der Waals surface area contributed by atoms with E-state index >= 15 is 0 Å². The minimum Gasteiger partial charge on any atom is -0.465 e. The fourth-order valence-electron chi connectivity index (χ4n) is 3.42. The third-order valence-corrected chi connectivity index (χ3v) is 4.96. The zero-order valence-corrected chi connectivity index (χ0v) is 15.5. The second kappa shape index (κ2) is 7.55. The Morgan fingerprint density at radius 3 is 2.71 bits per heavy atom. The number of amides is 1. The van der Waals surface area contributed by atoms with Crippen LogP contribution in [-0.2, 0) is 0 Å². The number of anilines is 1. The van der Waals surface area contributed by atoms with Crippen LogP contribution in [0.5, 0.6) is 0 Å². The summed E-state index contributed by atoms with van der Waals surface area (Å²) in [5.41, 5.74) is 1.54. The molecule has 3 heterocycles. The number of nitrogens with one attached hydrogen (secondary N) is 1. The van der Waals surface area contributed by atoms with Crippen molar-refractivity contribution in [3.05, 3.63) is 47.7 Å². The highest BCUT2D eigenvalue weighted by atomic mass is 35.5. The summed E-state index contributed by atoms with van der Waals surface area (Å²) in [4.78, 5) is 16.5. The van der Waals surface area contributed by atoms with Crippen LogP contribution in [0.1, 0.15) is 6.42 Å². The van der Waals surface area contributed by atoms with Gasteiger partial charge in [0.2, 0.25) is 0 Å². The minimum absolute atomic E-state index is 0.114. The van der Waals surface area contributed by atoms with Crippen LogP contribution in [0.4, 0.5) is 15.0 Å². The molecule has 28 heavy (non-hydrogen) atoms. The van der Waals surface area contributed by atoms with Gasteiger partial charge in [-0.15, -0.1) is 10.2 Å². The Morgan fingerprint density at radius 2 is 1.96 bits per heavy atom. The van der Waals surface area contributed by atoms with Gasteiger partial charge in [0, 0.05) is 52.8 Å². The number of rotatable bonds is 3. The number of hydrogen-bond donors (Lipinski definition) is 2. The number of pyridine rings is 1. The van der Waals surface area contributed by atoms with Gasteiger partial charge >= 0.3 is 6.09 Å². The molecule has 9 heteroatoms. The Labute approximate surface area is 165 Å². The molecular formula is C19H17ClFN5O2. The Bertz CT molecular complexity index is 1020. The Kier molecular flexibility index (Phi) is 4.95. The topological polar surface area (TPSA) is 91.2 Å². The molecule has 0 saturated carbocycles. The van der Waals surface area contributed by atoms with Crippen LogP contribution < -0.4 is 5.32 Å². The first-order valence-corrected chi connectivity index (χ1v) is 9.14. The van der Waals surface area contributed by atoms with E-state index in [1.165, 1.54) is 0 Å². The van der Waals surface area contributed by atoms with Crippen molar-refractivity contribution in [2.75, 3.05) is 18.4 Å². The number of piperidine rings is 1. The summed E-state index contributed by atoms with van der Waals surface area (Å²) in [5.74, 6) is 0.449. The maximum Gasteiger partial charge on any atom is 0.407 e. The highest BCUT2D eigenvalue weighted by molar-refractivity contribution is 6.30. The monoisotopic (exact) mass is 401 g/mol. The molecule has 1 aliphatic rings. The molecule has 1 aromatic carbocycles. The van der Waals surface area contributed by atoms with Crippen LogP contribution >= 0.6 is 11.6 Å². The van der Waals surface area contributed by atoms with E-state index in [1.807, 2.05) is 18.2 Å². The van der Waals surface area contributed by atoms with Crippen molar-refractivity contribution in [2.24, 2.45) is 0 Å². The Balaban J connectivity index is 1.68. The Hall–Kier alpha value is -3.00. The first-order valence-electron chi connectivity index (χ1n) is 8.76. The minimum atomic E-state index is -1.23. The molecule has 0 unspecified atom stereocenters. The third-order valence-electron chi connectivity index (χ3n) is 4.71. The number of carboxylic acid groups (broad SMARTS) is 1. The van der Waals surface area contributed by atoms with E-state index in [0.717, 1.165) is 21.2 Å². The quantitative estimate of drug-likeness (QED) is 0.692.